The molecule has 6 heteroatoms. The Balaban J connectivity index is 1.51. The molecular weight excluding hydrogens is 316 g/mol. The fourth-order valence-corrected chi connectivity index (χ4v) is 2.94. The van der Waals surface area contributed by atoms with Gasteiger partial charge in [0.1, 0.15) is 5.69 Å². The van der Waals surface area contributed by atoms with Crippen LogP contribution in [-0.4, -0.2) is 20.3 Å². The molecular formula is C19H18N4O2. The van der Waals surface area contributed by atoms with Gasteiger partial charge in [-0.25, -0.2) is 0 Å². The summed E-state index contributed by atoms with van der Waals surface area (Å²) in [6.45, 7) is 2.74. The zero-order valence-electron chi connectivity index (χ0n) is 14.1. The number of aryl methyl sites for hydroxylation is 2. The predicted molar refractivity (Wildman–Crippen MR) is 95.6 cm³/mol. The molecule has 0 aliphatic rings. The summed E-state index contributed by atoms with van der Waals surface area (Å²) in [6.07, 6.45) is 5.10. The van der Waals surface area contributed by atoms with E-state index in [1.54, 1.807) is 18.5 Å². The van der Waals surface area contributed by atoms with Crippen LogP contribution in [0.1, 0.15) is 21.6 Å². The first-order valence-corrected chi connectivity index (χ1v) is 8.03. The Morgan fingerprint density at radius 2 is 2.12 bits per heavy atom. The van der Waals surface area contributed by atoms with E-state index in [0.717, 1.165) is 5.52 Å². The summed E-state index contributed by atoms with van der Waals surface area (Å²) in [6, 6.07) is 11.8. The van der Waals surface area contributed by atoms with Crippen LogP contribution in [0.3, 0.4) is 0 Å². The van der Waals surface area contributed by atoms with Crippen molar-refractivity contribution in [2.24, 2.45) is 7.05 Å². The largest absolute Gasteiger partial charge is 0.463 e. The van der Waals surface area contributed by atoms with Crippen LogP contribution in [0.5, 0.6) is 0 Å². The number of carbonyl (C=O) groups excluding carboxylic acids is 1. The van der Waals surface area contributed by atoms with Crippen LogP contribution >= 0.6 is 0 Å². The van der Waals surface area contributed by atoms with Gasteiger partial charge in [0.15, 0.2) is 5.58 Å². The van der Waals surface area contributed by atoms with E-state index in [4.69, 9.17) is 4.42 Å². The monoisotopic (exact) mass is 334 g/mol. The molecule has 0 spiro atoms. The van der Waals surface area contributed by atoms with Crippen molar-refractivity contribution in [1.82, 2.24) is 14.3 Å². The Kier molecular flexibility index (Phi) is 3.65. The SMILES string of the molecule is Cc1ccccc1Cn1cc(NC(=O)c2cc3occc3n2C)cn1. The minimum absolute atomic E-state index is 0.190. The summed E-state index contributed by atoms with van der Waals surface area (Å²) < 4.78 is 8.97. The third-order valence-corrected chi connectivity index (χ3v) is 4.38. The molecule has 0 saturated carbocycles. The molecule has 0 fully saturated rings. The van der Waals surface area contributed by atoms with E-state index in [1.807, 2.05) is 40.7 Å². The molecule has 6 nitrogen and oxygen atoms in total. The minimum Gasteiger partial charge on any atom is -0.463 e. The summed E-state index contributed by atoms with van der Waals surface area (Å²) in [5.74, 6) is -0.190. The number of nitrogens with one attached hydrogen (secondary N) is 1. The lowest BCUT2D eigenvalue weighted by molar-refractivity contribution is 0.101. The van der Waals surface area contributed by atoms with Gasteiger partial charge in [-0.2, -0.15) is 5.10 Å². The topological polar surface area (TPSA) is 65.0 Å². The second kappa shape index (κ2) is 5.98. The van der Waals surface area contributed by atoms with Crippen molar-refractivity contribution < 1.29 is 9.21 Å². The first kappa shape index (κ1) is 15.3. The van der Waals surface area contributed by atoms with Crippen LogP contribution in [0.25, 0.3) is 11.1 Å². The molecule has 0 atom stereocenters. The molecule has 1 N–H and O–H groups in total. The molecule has 1 amide bonds. The van der Waals surface area contributed by atoms with Gasteiger partial charge >= 0.3 is 0 Å². The first-order valence-electron chi connectivity index (χ1n) is 8.03. The molecule has 0 unspecified atom stereocenters. The molecule has 1 aromatic carbocycles. The lowest BCUT2D eigenvalue weighted by atomic mass is 10.1. The zero-order valence-corrected chi connectivity index (χ0v) is 14.1. The van der Waals surface area contributed by atoms with Crippen LogP contribution in [0.4, 0.5) is 5.69 Å². The maximum atomic E-state index is 12.5. The number of benzene rings is 1. The Bertz CT molecular complexity index is 1050. The van der Waals surface area contributed by atoms with Gasteiger partial charge in [0.05, 0.1) is 30.2 Å². The number of amides is 1. The van der Waals surface area contributed by atoms with Crippen molar-refractivity contribution in [2.75, 3.05) is 5.32 Å². The quantitative estimate of drug-likeness (QED) is 0.620. The molecule has 3 aromatic heterocycles. The van der Waals surface area contributed by atoms with E-state index >= 15 is 0 Å². The van der Waals surface area contributed by atoms with Crippen molar-refractivity contribution in [1.29, 1.82) is 0 Å². The number of carbonyl (C=O) groups is 1. The average molecular weight is 334 g/mol. The van der Waals surface area contributed by atoms with Gasteiger partial charge in [0.2, 0.25) is 0 Å². The van der Waals surface area contributed by atoms with Gasteiger partial charge in [0, 0.05) is 25.4 Å². The van der Waals surface area contributed by atoms with E-state index < -0.39 is 0 Å². The van der Waals surface area contributed by atoms with Crippen LogP contribution < -0.4 is 5.32 Å². The van der Waals surface area contributed by atoms with Crippen molar-refractivity contribution in [3.63, 3.8) is 0 Å². The number of nitrogens with zero attached hydrogens (tertiary/aromatic N) is 3. The van der Waals surface area contributed by atoms with Crippen LogP contribution in [0.2, 0.25) is 0 Å². The molecule has 4 aromatic rings. The molecule has 0 bridgehead atoms. The summed E-state index contributed by atoms with van der Waals surface area (Å²) in [7, 11) is 1.84. The molecule has 0 saturated heterocycles. The average Bonchev–Trinajstić information content (AvgIpc) is 3.28. The summed E-state index contributed by atoms with van der Waals surface area (Å²) >= 11 is 0. The molecule has 0 aliphatic heterocycles. The van der Waals surface area contributed by atoms with Crippen LogP contribution in [0, 0.1) is 6.92 Å². The highest BCUT2D eigenvalue weighted by molar-refractivity contribution is 6.05. The van der Waals surface area contributed by atoms with Gasteiger partial charge in [-0.1, -0.05) is 24.3 Å². The maximum Gasteiger partial charge on any atom is 0.272 e. The Hall–Kier alpha value is -3.28. The lowest BCUT2D eigenvalue weighted by Crippen LogP contribution is -2.15. The first-order chi connectivity index (χ1) is 12.1. The number of fused-ring (bicyclic) bond motifs is 1. The van der Waals surface area contributed by atoms with Crippen LogP contribution in [0.15, 0.2) is 59.5 Å². The molecule has 0 aliphatic carbocycles. The van der Waals surface area contributed by atoms with E-state index in [9.17, 15) is 4.79 Å². The standard InChI is InChI=1S/C19H18N4O2/c1-13-5-3-4-6-14(13)11-23-12-15(10-20-23)21-19(24)17-9-18-16(22(17)2)7-8-25-18/h3-10,12H,11H2,1-2H3,(H,21,24). The Labute approximate surface area is 144 Å². The van der Waals surface area contributed by atoms with Gasteiger partial charge in [-0.15, -0.1) is 0 Å². The van der Waals surface area contributed by atoms with Crippen molar-refractivity contribution in [3.05, 3.63) is 71.9 Å². The van der Waals surface area contributed by atoms with Crippen molar-refractivity contribution in [3.8, 4) is 0 Å². The lowest BCUT2D eigenvalue weighted by Gasteiger charge is -2.05. The number of hydrogen-bond acceptors (Lipinski definition) is 3. The highest BCUT2D eigenvalue weighted by Crippen LogP contribution is 2.20. The molecule has 25 heavy (non-hydrogen) atoms. The molecule has 126 valence electrons. The predicted octanol–water partition coefficient (Wildman–Crippen LogP) is 3.58. The smallest absolute Gasteiger partial charge is 0.272 e. The van der Waals surface area contributed by atoms with E-state index in [2.05, 4.69) is 29.5 Å². The van der Waals surface area contributed by atoms with Gasteiger partial charge < -0.3 is 14.3 Å². The normalized spacial score (nSPS) is 11.1. The summed E-state index contributed by atoms with van der Waals surface area (Å²) in [5, 5.41) is 7.22. The van der Waals surface area contributed by atoms with E-state index in [0.29, 0.717) is 23.5 Å². The second-order valence-electron chi connectivity index (χ2n) is 6.07. The highest BCUT2D eigenvalue weighted by atomic mass is 16.3. The number of hydrogen-bond donors (Lipinski definition) is 1. The fourth-order valence-electron chi connectivity index (χ4n) is 2.94. The van der Waals surface area contributed by atoms with Crippen LogP contribution in [-0.2, 0) is 13.6 Å². The Morgan fingerprint density at radius 1 is 1.28 bits per heavy atom. The third kappa shape index (κ3) is 2.82. The van der Waals surface area contributed by atoms with Gasteiger partial charge in [0.25, 0.3) is 5.91 Å². The van der Waals surface area contributed by atoms with Crippen molar-refractivity contribution >= 4 is 22.7 Å². The minimum atomic E-state index is -0.190. The fraction of sp³-hybridized carbons (Fsp3) is 0.158. The second-order valence-corrected chi connectivity index (χ2v) is 6.07. The molecule has 3 heterocycles. The maximum absolute atomic E-state index is 12.5. The third-order valence-electron chi connectivity index (χ3n) is 4.38. The summed E-state index contributed by atoms with van der Waals surface area (Å²) in [5.41, 5.74) is 5.21. The number of aromatic nitrogens is 3. The number of furan rings is 1. The van der Waals surface area contributed by atoms with E-state index in [-0.39, 0.29) is 5.91 Å². The number of rotatable bonds is 4. The van der Waals surface area contributed by atoms with E-state index in [1.165, 1.54) is 11.1 Å². The number of anilines is 1. The van der Waals surface area contributed by atoms with Gasteiger partial charge in [-0.05, 0) is 18.1 Å². The zero-order chi connectivity index (χ0) is 17.4. The molecule has 0 radical (unpaired) electrons. The summed E-state index contributed by atoms with van der Waals surface area (Å²) in [4.78, 5) is 12.5. The highest BCUT2D eigenvalue weighted by Gasteiger charge is 2.15. The van der Waals surface area contributed by atoms with Gasteiger partial charge in [-0.3, -0.25) is 9.48 Å². The van der Waals surface area contributed by atoms with Crippen molar-refractivity contribution in [2.45, 2.75) is 13.5 Å². The molecule has 4 rings (SSSR count). The Morgan fingerprint density at radius 3 is 2.92 bits per heavy atom.